The van der Waals surface area contributed by atoms with Crippen molar-refractivity contribution in [2.24, 2.45) is 0 Å². The van der Waals surface area contributed by atoms with Crippen LogP contribution in [-0.2, 0) is 14.4 Å². The molecule has 3 amide bonds. The molecule has 12 aromatic rings. The molecule has 30 heteroatoms. The Morgan fingerprint density at radius 1 is 0.378 bits per heavy atom. The second-order valence-electron chi connectivity index (χ2n) is 34.1. The Hall–Kier alpha value is -12.8. The van der Waals surface area contributed by atoms with Gasteiger partial charge in [0.15, 0.2) is 16.9 Å². The number of likely N-dealkylation sites (N-methyl/N-ethyl adjacent to an activating group) is 2. The van der Waals surface area contributed by atoms with E-state index < -0.39 is 0 Å². The first-order valence-electron chi connectivity index (χ1n) is 44.5. The van der Waals surface area contributed by atoms with Crippen LogP contribution in [0, 0.1) is 0 Å². The minimum Gasteiger partial charge on any atom is -0.457 e. The molecule has 6 aliphatic rings. The van der Waals surface area contributed by atoms with Crippen molar-refractivity contribution >= 4 is 68.3 Å². The summed E-state index contributed by atoms with van der Waals surface area (Å²) in [4.78, 5) is 83.4. The lowest BCUT2D eigenvalue weighted by atomic mass is 10.0. The summed E-state index contributed by atoms with van der Waals surface area (Å²) >= 11 is 0. The maximum Gasteiger partial charge on any atom is 0.246 e. The Morgan fingerprint density at radius 3 is 1.03 bits per heavy atom. The molecule has 0 spiro atoms. The van der Waals surface area contributed by atoms with Crippen molar-refractivity contribution in [3.8, 4) is 68.3 Å². The molecule has 0 radical (unpaired) electrons. The van der Waals surface area contributed by atoms with E-state index in [-0.39, 0.29) is 35.8 Å². The first-order chi connectivity index (χ1) is 62.0. The molecule has 3 unspecified atom stereocenters. The zero-order valence-electron chi connectivity index (χ0n) is 73.3. The van der Waals surface area contributed by atoms with Gasteiger partial charge >= 0.3 is 0 Å². The van der Waals surface area contributed by atoms with Gasteiger partial charge in [-0.15, -0.1) is 0 Å². The fourth-order valence-corrected chi connectivity index (χ4v) is 17.9. The Bertz CT molecular complexity index is 5750. The van der Waals surface area contributed by atoms with E-state index in [1.54, 1.807) is 18.2 Å². The number of hydrogen-bond donors (Lipinski definition) is 4. The van der Waals surface area contributed by atoms with E-state index in [4.69, 9.17) is 46.7 Å². The highest BCUT2D eigenvalue weighted by molar-refractivity contribution is 6.01. The Balaban J connectivity index is 0.000000140. The molecule has 0 aliphatic carbocycles. The van der Waals surface area contributed by atoms with Gasteiger partial charge in [0.25, 0.3) is 0 Å². The molecule has 6 saturated heterocycles. The van der Waals surface area contributed by atoms with E-state index in [0.29, 0.717) is 85.2 Å². The number of benzene rings is 6. The van der Waals surface area contributed by atoms with Gasteiger partial charge in [0.1, 0.15) is 88.0 Å². The lowest BCUT2D eigenvalue weighted by Crippen LogP contribution is -2.42. The number of carbonyl (C=O) groups is 3. The second-order valence-corrected chi connectivity index (χ2v) is 34.1. The van der Waals surface area contributed by atoms with Crippen molar-refractivity contribution in [2.45, 2.75) is 107 Å². The lowest BCUT2D eigenvalue weighted by Gasteiger charge is -2.34. The zero-order chi connectivity index (χ0) is 87.7. The zero-order valence-corrected chi connectivity index (χ0v) is 73.3. The third-order valence-corrected chi connectivity index (χ3v) is 25.2. The van der Waals surface area contributed by atoms with E-state index in [1.165, 1.54) is 44.7 Å². The normalized spacial score (nSPS) is 18.5. The summed E-state index contributed by atoms with van der Waals surface area (Å²) in [6.45, 7) is 12.8. The molecular formula is C97H116N24O6. The van der Waals surface area contributed by atoms with E-state index in [1.807, 2.05) is 211 Å². The molecule has 30 nitrogen and oxygen atoms in total. The minimum atomic E-state index is -0.0146. The number of anilines is 3. The minimum absolute atomic E-state index is 0.00418. The number of rotatable bonds is 24. The van der Waals surface area contributed by atoms with E-state index in [9.17, 15) is 14.4 Å². The second kappa shape index (κ2) is 41.5. The first kappa shape index (κ1) is 87.6. The maximum atomic E-state index is 13.2. The van der Waals surface area contributed by atoms with E-state index >= 15 is 0 Å². The predicted octanol–water partition coefficient (Wildman–Crippen LogP) is 13.1. The molecule has 3 atom stereocenters. The van der Waals surface area contributed by atoms with Gasteiger partial charge in [-0.3, -0.25) is 24.2 Å². The molecule has 6 aromatic heterocycles. The van der Waals surface area contributed by atoms with Crippen LogP contribution >= 0.6 is 0 Å². The standard InChI is InChI=1S/C33H40N8O2.2C32H38N8O2/c1-38-20-16-25(17-21-38)39(2)18-7-11-29(42)40-19-6-8-26(22-40)41-33-30(32(34)35-23-36-33)31(37-41)24-12-14-28(15-13-24)43-27-9-4-3-5-10-27;1-37-18-14-24(15-19-37)38(2)17-6-9-28(41)39-20-16-25(21-39)40-32-29(31(33)34-22-35-32)30(36-40)23-10-12-27(13-11-23)42-26-7-4-3-5-8-26;1-38-19-15-24(16-20-38)34-17-5-10-28(41)39-18-6-7-25(21-39)40-32-29(31(33)35-22-36-32)30(37-40)23-11-13-27(14-12-23)42-26-8-3-2-4-9-26/h3-5,7,9-15,23,25-26H,6,8,16-22H2,1-2H3,(H2,34,35,36);3-13,22,24-25H,14-21H2,1-2H3,(H2,33,34,35);2-5,8-14,22,24-25,34H,6-7,15-21H2,1H3,(H2,33,35,36)/b11-7+;9-6+;10-5+. The summed E-state index contributed by atoms with van der Waals surface area (Å²) in [5, 5.41) is 20.7. The van der Waals surface area contributed by atoms with Gasteiger partial charge in [-0.2, -0.15) is 15.3 Å². The number of ether oxygens (including phenoxy) is 3. The number of nitrogens with one attached hydrogen (secondary N) is 1. The van der Waals surface area contributed by atoms with Gasteiger partial charge in [-0.05, 0) is 254 Å². The molecule has 127 heavy (non-hydrogen) atoms. The highest BCUT2D eigenvalue weighted by atomic mass is 16.5. The van der Waals surface area contributed by atoms with E-state index in [2.05, 4.69) is 95.0 Å². The number of para-hydroxylation sites is 3. The molecule has 6 aromatic carbocycles. The molecule has 6 fully saturated rings. The van der Waals surface area contributed by atoms with Crippen LogP contribution in [0.2, 0.25) is 0 Å². The fraction of sp³-hybridized carbons (Fsp3) is 0.381. The largest absolute Gasteiger partial charge is 0.457 e. The third-order valence-electron chi connectivity index (χ3n) is 25.2. The summed E-state index contributed by atoms with van der Waals surface area (Å²) < 4.78 is 23.7. The number of likely N-dealkylation sites (tertiary alicyclic amines) is 6. The number of nitrogens with zero attached hydrogens (tertiary/aromatic N) is 20. The number of amides is 3. The number of nitrogen functional groups attached to an aromatic ring is 3. The van der Waals surface area contributed by atoms with E-state index in [0.717, 1.165) is 195 Å². The summed E-state index contributed by atoms with van der Waals surface area (Å²) in [6, 6.07) is 54.0. The van der Waals surface area contributed by atoms with Crippen molar-refractivity contribution in [2.75, 3.05) is 151 Å². The Kier molecular flexibility index (Phi) is 28.6. The van der Waals surface area contributed by atoms with Crippen LogP contribution < -0.4 is 36.7 Å². The van der Waals surface area contributed by atoms with Crippen LogP contribution in [0.1, 0.15) is 88.8 Å². The van der Waals surface area contributed by atoms with Crippen molar-refractivity contribution in [3.63, 3.8) is 0 Å². The quantitative estimate of drug-likeness (QED) is 0.0408. The summed E-state index contributed by atoms with van der Waals surface area (Å²) in [5.74, 6) is 5.78. The molecule has 18 rings (SSSR count). The molecule has 0 bridgehead atoms. The van der Waals surface area contributed by atoms with Crippen LogP contribution in [0.4, 0.5) is 17.5 Å². The molecule has 7 N–H and O–H groups in total. The van der Waals surface area contributed by atoms with Crippen molar-refractivity contribution in [1.82, 2.24) is 104 Å². The van der Waals surface area contributed by atoms with Gasteiger partial charge in [-0.25, -0.2) is 43.9 Å². The Labute approximate surface area is 741 Å². The SMILES string of the molecule is CN1CCC(N(C)C/C=C/C(=O)N2CCC(n3nc(-c4ccc(Oc5ccccc5)cc4)c4c(N)ncnc43)C2)CC1.CN1CCC(N(C)C/C=C/C(=O)N2CCCC(n3nc(-c4ccc(Oc5ccccc5)cc4)c4c(N)ncnc43)C2)CC1.CN1CCC(NC/C=C/C(=O)N2CCCC(n3nc(-c4ccc(Oc5ccccc5)cc4)c4c(N)ncnc43)C2)CC1. The number of hydrogen-bond acceptors (Lipinski definition) is 24. The Morgan fingerprint density at radius 2 is 0.685 bits per heavy atom. The number of nitrogens with two attached hydrogens (primary N) is 3. The van der Waals surface area contributed by atoms with Crippen molar-refractivity contribution in [1.29, 1.82) is 0 Å². The summed E-state index contributed by atoms with van der Waals surface area (Å²) in [6.07, 6.45) is 26.9. The third kappa shape index (κ3) is 21.8. The van der Waals surface area contributed by atoms with Crippen molar-refractivity contribution < 1.29 is 28.6 Å². The summed E-state index contributed by atoms with van der Waals surface area (Å²) in [5.41, 5.74) is 26.0. The topological polar surface area (TPSA) is 326 Å². The van der Waals surface area contributed by atoms with Crippen LogP contribution in [0.3, 0.4) is 0 Å². The van der Waals surface area contributed by atoms with Crippen molar-refractivity contribution in [3.05, 3.63) is 219 Å². The lowest BCUT2D eigenvalue weighted by molar-refractivity contribution is -0.128. The van der Waals surface area contributed by atoms with Crippen LogP contribution in [-0.4, -0.2) is 268 Å². The highest BCUT2D eigenvalue weighted by Gasteiger charge is 2.34. The smallest absolute Gasteiger partial charge is 0.246 e. The van der Waals surface area contributed by atoms with Crippen LogP contribution in [0.25, 0.3) is 66.9 Å². The van der Waals surface area contributed by atoms with Crippen LogP contribution in [0.5, 0.6) is 34.5 Å². The number of aromatic nitrogens is 12. The number of fused-ring (bicyclic) bond motifs is 3. The molecular weight excluding hydrogens is 1600 g/mol. The first-order valence-corrected chi connectivity index (χ1v) is 44.5. The maximum absolute atomic E-state index is 13.2. The number of carbonyl (C=O) groups excluding carboxylic acids is 3. The average molecular weight is 1710 g/mol. The number of piperidine rings is 5. The molecule has 660 valence electrons. The fourth-order valence-electron chi connectivity index (χ4n) is 17.9. The van der Waals surface area contributed by atoms with Gasteiger partial charge < -0.3 is 66.1 Å². The monoisotopic (exact) mass is 1710 g/mol. The highest BCUT2D eigenvalue weighted by Crippen LogP contribution is 2.40. The summed E-state index contributed by atoms with van der Waals surface area (Å²) in [7, 11) is 10.8. The van der Waals surface area contributed by atoms with Gasteiger partial charge in [-0.1, -0.05) is 72.8 Å². The molecule has 0 saturated carbocycles. The van der Waals surface area contributed by atoms with Crippen LogP contribution in [0.15, 0.2) is 219 Å². The van der Waals surface area contributed by atoms with Gasteiger partial charge in [0.05, 0.1) is 34.3 Å². The molecule has 6 aliphatic heterocycles. The molecule has 12 heterocycles. The average Bonchev–Trinajstić information content (AvgIpc) is 1.62. The predicted molar refractivity (Wildman–Crippen MR) is 497 cm³/mol. The van der Waals surface area contributed by atoms with Gasteiger partial charge in [0, 0.05) is 112 Å². The van der Waals surface area contributed by atoms with Gasteiger partial charge in [0.2, 0.25) is 17.7 Å².